The SMILES string of the molecule is COc1ccc(OC(C)C)c(NC(=O)c2nc(Cl)sc2C)c1. The van der Waals surface area contributed by atoms with E-state index in [4.69, 9.17) is 21.1 Å². The van der Waals surface area contributed by atoms with Gasteiger partial charge in [-0.2, -0.15) is 0 Å². The number of halogens is 1. The van der Waals surface area contributed by atoms with Gasteiger partial charge in [0.25, 0.3) is 5.91 Å². The third-order valence-corrected chi connectivity index (χ3v) is 3.86. The molecule has 2 aromatic rings. The number of methoxy groups -OCH3 is 1. The molecule has 0 bridgehead atoms. The van der Waals surface area contributed by atoms with Gasteiger partial charge in [-0.1, -0.05) is 11.6 Å². The number of hydrogen-bond donors (Lipinski definition) is 1. The van der Waals surface area contributed by atoms with E-state index in [1.165, 1.54) is 11.3 Å². The van der Waals surface area contributed by atoms with Crippen molar-refractivity contribution in [2.45, 2.75) is 26.9 Å². The maximum absolute atomic E-state index is 12.4. The van der Waals surface area contributed by atoms with Crippen molar-refractivity contribution in [1.82, 2.24) is 4.98 Å². The Balaban J connectivity index is 2.30. The zero-order chi connectivity index (χ0) is 16.3. The summed E-state index contributed by atoms with van der Waals surface area (Å²) >= 11 is 7.11. The molecular weight excluding hydrogens is 324 g/mol. The molecule has 1 aromatic heterocycles. The Labute approximate surface area is 138 Å². The molecule has 0 saturated heterocycles. The molecule has 5 nitrogen and oxygen atoms in total. The van der Waals surface area contributed by atoms with E-state index in [-0.39, 0.29) is 12.0 Å². The highest BCUT2D eigenvalue weighted by Gasteiger charge is 2.17. The summed E-state index contributed by atoms with van der Waals surface area (Å²) in [5.74, 6) is 0.866. The Hall–Kier alpha value is -1.79. The molecule has 1 aromatic carbocycles. The summed E-state index contributed by atoms with van der Waals surface area (Å²) in [5.41, 5.74) is 0.842. The molecule has 1 N–H and O–H groups in total. The molecule has 1 amide bonds. The van der Waals surface area contributed by atoms with Crippen LogP contribution in [0.2, 0.25) is 4.47 Å². The molecule has 0 aliphatic heterocycles. The van der Waals surface area contributed by atoms with Crippen LogP contribution in [-0.4, -0.2) is 24.1 Å². The molecule has 0 unspecified atom stereocenters. The quantitative estimate of drug-likeness (QED) is 0.888. The lowest BCUT2D eigenvalue weighted by atomic mass is 10.2. The Morgan fingerprint density at radius 1 is 1.41 bits per heavy atom. The van der Waals surface area contributed by atoms with Crippen LogP contribution in [0.3, 0.4) is 0 Å². The van der Waals surface area contributed by atoms with E-state index in [1.807, 2.05) is 13.8 Å². The second-order valence-corrected chi connectivity index (χ2v) is 6.64. The third-order valence-electron chi connectivity index (χ3n) is 2.78. The van der Waals surface area contributed by atoms with Gasteiger partial charge in [0.1, 0.15) is 17.2 Å². The molecule has 0 aliphatic carbocycles. The number of carbonyl (C=O) groups excluding carboxylic acids is 1. The van der Waals surface area contributed by atoms with Gasteiger partial charge in [-0.05, 0) is 32.9 Å². The molecule has 1 heterocycles. The molecule has 2 rings (SSSR count). The number of aryl methyl sites for hydroxylation is 1. The number of ether oxygens (including phenoxy) is 2. The summed E-state index contributed by atoms with van der Waals surface area (Å²) in [7, 11) is 1.56. The number of hydrogen-bond acceptors (Lipinski definition) is 5. The number of nitrogens with zero attached hydrogens (tertiary/aromatic N) is 1. The number of benzene rings is 1. The highest BCUT2D eigenvalue weighted by molar-refractivity contribution is 7.15. The van der Waals surface area contributed by atoms with E-state index in [0.29, 0.717) is 27.3 Å². The van der Waals surface area contributed by atoms with Crippen molar-refractivity contribution in [2.75, 3.05) is 12.4 Å². The lowest BCUT2D eigenvalue weighted by molar-refractivity contribution is 0.102. The third kappa shape index (κ3) is 3.90. The number of rotatable bonds is 5. The van der Waals surface area contributed by atoms with Gasteiger partial charge in [0.15, 0.2) is 4.47 Å². The number of aromatic nitrogens is 1. The summed E-state index contributed by atoms with van der Waals surface area (Å²) in [5, 5.41) is 2.80. The Bertz CT molecular complexity index is 685. The standard InChI is InChI=1S/C15H17ClN2O3S/c1-8(2)21-12-6-5-10(20-4)7-11(12)17-14(19)13-9(3)22-15(16)18-13/h5-8H,1-4H3,(H,17,19). The molecule has 0 radical (unpaired) electrons. The first-order valence-electron chi connectivity index (χ1n) is 6.69. The summed E-state index contributed by atoms with van der Waals surface area (Å²) in [6.07, 6.45) is -0.0144. The number of nitrogens with one attached hydrogen (secondary N) is 1. The normalized spacial score (nSPS) is 10.6. The molecule has 0 aliphatic rings. The zero-order valence-electron chi connectivity index (χ0n) is 12.8. The van der Waals surface area contributed by atoms with Crippen LogP contribution in [0.15, 0.2) is 18.2 Å². The predicted octanol–water partition coefficient (Wildman–Crippen LogP) is 4.15. The summed E-state index contributed by atoms with van der Waals surface area (Å²) < 4.78 is 11.2. The lowest BCUT2D eigenvalue weighted by Crippen LogP contribution is -2.15. The van der Waals surface area contributed by atoms with Gasteiger partial charge in [0.2, 0.25) is 0 Å². The van der Waals surface area contributed by atoms with Crippen molar-refractivity contribution in [3.05, 3.63) is 33.2 Å². The van der Waals surface area contributed by atoms with Gasteiger partial charge < -0.3 is 14.8 Å². The van der Waals surface area contributed by atoms with Crippen LogP contribution in [0.1, 0.15) is 29.2 Å². The molecule has 22 heavy (non-hydrogen) atoms. The van der Waals surface area contributed by atoms with E-state index in [0.717, 1.165) is 4.88 Å². The highest BCUT2D eigenvalue weighted by atomic mass is 35.5. The van der Waals surface area contributed by atoms with Crippen molar-refractivity contribution in [3.8, 4) is 11.5 Å². The monoisotopic (exact) mass is 340 g/mol. The van der Waals surface area contributed by atoms with E-state index < -0.39 is 0 Å². The predicted molar refractivity (Wildman–Crippen MR) is 88.6 cm³/mol. The summed E-state index contributed by atoms with van der Waals surface area (Å²) in [4.78, 5) is 17.2. The molecule has 7 heteroatoms. The minimum absolute atomic E-state index is 0.0144. The van der Waals surface area contributed by atoms with Gasteiger partial charge in [-0.15, -0.1) is 11.3 Å². The average molecular weight is 341 g/mol. The molecular formula is C15H17ClN2O3S. The summed E-state index contributed by atoms with van der Waals surface area (Å²) in [6.45, 7) is 5.63. The number of amides is 1. The fourth-order valence-electron chi connectivity index (χ4n) is 1.85. The van der Waals surface area contributed by atoms with Crippen LogP contribution < -0.4 is 14.8 Å². The van der Waals surface area contributed by atoms with Crippen LogP contribution in [-0.2, 0) is 0 Å². The smallest absolute Gasteiger partial charge is 0.275 e. The fraction of sp³-hybridized carbons (Fsp3) is 0.333. The Morgan fingerprint density at radius 2 is 2.14 bits per heavy atom. The second kappa shape index (κ2) is 6.98. The van der Waals surface area contributed by atoms with Crippen LogP contribution >= 0.6 is 22.9 Å². The van der Waals surface area contributed by atoms with E-state index in [2.05, 4.69) is 10.3 Å². The van der Waals surface area contributed by atoms with Gasteiger partial charge in [-0.3, -0.25) is 4.79 Å². The maximum Gasteiger partial charge on any atom is 0.275 e. The van der Waals surface area contributed by atoms with Gasteiger partial charge in [0.05, 0.1) is 18.9 Å². The maximum atomic E-state index is 12.4. The van der Waals surface area contributed by atoms with Crippen molar-refractivity contribution in [3.63, 3.8) is 0 Å². The van der Waals surface area contributed by atoms with Gasteiger partial charge >= 0.3 is 0 Å². The molecule has 118 valence electrons. The van der Waals surface area contributed by atoms with Gasteiger partial charge in [0, 0.05) is 10.9 Å². The van der Waals surface area contributed by atoms with Crippen LogP contribution in [0.25, 0.3) is 0 Å². The number of thiazole rings is 1. The molecule has 0 spiro atoms. The fourth-order valence-corrected chi connectivity index (χ4v) is 2.90. The minimum Gasteiger partial charge on any atom is -0.497 e. The average Bonchev–Trinajstić information content (AvgIpc) is 2.79. The van der Waals surface area contributed by atoms with Crippen molar-refractivity contribution in [2.24, 2.45) is 0 Å². The van der Waals surface area contributed by atoms with E-state index >= 15 is 0 Å². The first-order chi connectivity index (χ1) is 10.4. The first-order valence-corrected chi connectivity index (χ1v) is 7.89. The number of carbonyl (C=O) groups is 1. The van der Waals surface area contributed by atoms with Crippen molar-refractivity contribution < 1.29 is 14.3 Å². The van der Waals surface area contributed by atoms with Gasteiger partial charge in [-0.25, -0.2) is 4.98 Å². The van der Waals surface area contributed by atoms with Crippen LogP contribution in [0.5, 0.6) is 11.5 Å². The van der Waals surface area contributed by atoms with E-state index in [1.54, 1.807) is 32.2 Å². The zero-order valence-corrected chi connectivity index (χ0v) is 14.3. The topological polar surface area (TPSA) is 60.5 Å². The minimum atomic E-state index is -0.331. The lowest BCUT2D eigenvalue weighted by Gasteiger charge is -2.15. The summed E-state index contributed by atoms with van der Waals surface area (Å²) in [6, 6.07) is 5.24. The molecule has 0 atom stereocenters. The molecule has 0 fully saturated rings. The second-order valence-electron chi connectivity index (χ2n) is 4.85. The van der Waals surface area contributed by atoms with Crippen molar-refractivity contribution in [1.29, 1.82) is 0 Å². The van der Waals surface area contributed by atoms with E-state index in [9.17, 15) is 4.79 Å². The largest absolute Gasteiger partial charge is 0.497 e. The highest BCUT2D eigenvalue weighted by Crippen LogP contribution is 2.31. The molecule has 0 saturated carbocycles. The number of anilines is 1. The first kappa shape index (κ1) is 16.6. The van der Waals surface area contributed by atoms with Crippen molar-refractivity contribution >= 4 is 34.5 Å². The van der Waals surface area contributed by atoms with Crippen LogP contribution in [0, 0.1) is 6.92 Å². The van der Waals surface area contributed by atoms with Crippen LogP contribution in [0.4, 0.5) is 5.69 Å². The Morgan fingerprint density at radius 3 is 2.68 bits per heavy atom. The Kier molecular flexibility index (Phi) is 5.26.